The summed E-state index contributed by atoms with van der Waals surface area (Å²) in [7, 11) is 0. The van der Waals surface area contributed by atoms with E-state index in [4.69, 9.17) is 5.73 Å². The lowest BCUT2D eigenvalue weighted by Crippen LogP contribution is -2.36. The number of rotatable bonds is 4. The van der Waals surface area contributed by atoms with Crippen LogP contribution in [0.5, 0.6) is 0 Å². The zero-order valence-electron chi connectivity index (χ0n) is 9.12. The first-order valence-corrected chi connectivity index (χ1v) is 5.04. The minimum Gasteiger partial charge on any atom is -0.399 e. The number of carbonyl (C=O) groups excluding carboxylic acids is 2. The van der Waals surface area contributed by atoms with Gasteiger partial charge in [-0.3, -0.25) is 9.59 Å². The third kappa shape index (κ3) is 3.61. The van der Waals surface area contributed by atoms with Crippen LogP contribution in [-0.2, 0) is 4.79 Å². The quantitative estimate of drug-likeness (QED) is 0.632. The van der Waals surface area contributed by atoms with E-state index in [0.29, 0.717) is 17.8 Å². The molecule has 2 amide bonds. The van der Waals surface area contributed by atoms with Crippen molar-refractivity contribution >= 4 is 17.5 Å². The lowest BCUT2D eigenvalue weighted by molar-refractivity contribution is -0.120. The third-order valence-electron chi connectivity index (χ3n) is 1.96. The van der Waals surface area contributed by atoms with E-state index in [1.165, 1.54) is 0 Å². The predicted molar refractivity (Wildman–Crippen MR) is 61.9 cm³/mol. The van der Waals surface area contributed by atoms with Crippen LogP contribution in [0, 0.1) is 0 Å². The highest BCUT2D eigenvalue weighted by molar-refractivity contribution is 5.96. The molecule has 1 aromatic carbocycles. The average Bonchev–Trinajstić information content (AvgIpc) is 2.27. The summed E-state index contributed by atoms with van der Waals surface area (Å²) < 4.78 is 0. The van der Waals surface area contributed by atoms with Crippen LogP contribution in [-0.4, -0.2) is 24.9 Å². The molecule has 86 valence electrons. The van der Waals surface area contributed by atoms with Gasteiger partial charge in [0.25, 0.3) is 5.91 Å². The lowest BCUT2D eigenvalue weighted by atomic mass is 10.2. The first kappa shape index (κ1) is 12.0. The van der Waals surface area contributed by atoms with E-state index in [9.17, 15) is 9.59 Å². The number of likely N-dealkylation sites (N-methyl/N-ethyl adjacent to an activating group) is 1. The van der Waals surface area contributed by atoms with Crippen molar-refractivity contribution in [2.24, 2.45) is 0 Å². The number of hydrogen-bond acceptors (Lipinski definition) is 3. The van der Waals surface area contributed by atoms with Crippen LogP contribution in [0.3, 0.4) is 0 Å². The van der Waals surface area contributed by atoms with Gasteiger partial charge in [-0.15, -0.1) is 0 Å². The first-order chi connectivity index (χ1) is 7.63. The molecule has 0 aliphatic heterocycles. The van der Waals surface area contributed by atoms with Gasteiger partial charge in [0.1, 0.15) is 0 Å². The molecule has 16 heavy (non-hydrogen) atoms. The topological polar surface area (TPSA) is 84.2 Å². The molecule has 0 bridgehead atoms. The molecule has 0 heterocycles. The molecule has 0 aliphatic carbocycles. The Balaban J connectivity index is 2.47. The summed E-state index contributed by atoms with van der Waals surface area (Å²) in [5.74, 6) is -0.488. The Hall–Kier alpha value is -2.04. The minimum atomic E-state index is -0.286. The molecule has 0 radical (unpaired) electrons. The van der Waals surface area contributed by atoms with Gasteiger partial charge in [-0.05, 0) is 31.2 Å². The largest absolute Gasteiger partial charge is 0.399 e. The lowest BCUT2D eigenvalue weighted by Gasteiger charge is -2.05. The Bertz CT molecular complexity index is 373. The van der Waals surface area contributed by atoms with Gasteiger partial charge in [-0.25, -0.2) is 0 Å². The smallest absolute Gasteiger partial charge is 0.251 e. The minimum absolute atomic E-state index is 0.0168. The Morgan fingerprint density at radius 3 is 2.38 bits per heavy atom. The molecule has 0 fully saturated rings. The second kappa shape index (κ2) is 5.75. The molecule has 0 aliphatic rings. The number of nitrogens with two attached hydrogens (primary N) is 1. The molecule has 1 aromatic rings. The van der Waals surface area contributed by atoms with Gasteiger partial charge in [0.15, 0.2) is 0 Å². The molecule has 0 atom stereocenters. The molecule has 5 nitrogen and oxygen atoms in total. The van der Waals surface area contributed by atoms with Crippen LogP contribution in [0.4, 0.5) is 5.69 Å². The van der Waals surface area contributed by atoms with E-state index in [-0.39, 0.29) is 18.4 Å². The SMILES string of the molecule is CCNC(=O)CNC(=O)c1ccc(N)cc1. The van der Waals surface area contributed by atoms with Crippen molar-refractivity contribution in [3.8, 4) is 0 Å². The summed E-state index contributed by atoms with van der Waals surface area (Å²) in [5.41, 5.74) is 6.57. The molecule has 4 N–H and O–H groups in total. The number of nitrogens with one attached hydrogen (secondary N) is 2. The van der Waals surface area contributed by atoms with Crippen molar-refractivity contribution in [2.45, 2.75) is 6.92 Å². The van der Waals surface area contributed by atoms with Gasteiger partial charge in [0.05, 0.1) is 6.54 Å². The van der Waals surface area contributed by atoms with E-state index >= 15 is 0 Å². The molecule has 0 aromatic heterocycles. The van der Waals surface area contributed by atoms with Gasteiger partial charge in [0.2, 0.25) is 5.91 Å². The van der Waals surface area contributed by atoms with Gasteiger partial charge in [-0.1, -0.05) is 0 Å². The Morgan fingerprint density at radius 2 is 1.81 bits per heavy atom. The van der Waals surface area contributed by atoms with E-state index < -0.39 is 0 Å². The van der Waals surface area contributed by atoms with Gasteiger partial charge < -0.3 is 16.4 Å². The molecule has 0 unspecified atom stereocenters. The fourth-order valence-corrected chi connectivity index (χ4v) is 1.16. The van der Waals surface area contributed by atoms with Crippen molar-refractivity contribution in [1.82, 2.24) is 10.6 Å². The summed E-state index contributed by atoms with van der Waals surface area (Å²) in [6.07, 6.45) is 0. The number of hydrogen-bond donors (Lipinski definition) is 3. The van der Waals surface area contributed by atoms with Crippen molar-refractivity contribution in [1.29, 1.82) is 0 Å². The highest BCUT2D eigenvalue weighted by Crippen LogP contribution is 2.04. The number of nitrogen functional groups attached to an aromatic ring is 1. The van der Waals surface area contributed by atoms with Gasteiger partial charge >= 0.3 is 0 Å². The summed E-state index contributed by atoms with van der Waals surface area (Å²) in [6, 6.07) is 6.51. The molecule has 5 heteroatoms. The van der Waals surface area contributed by atoms with Gasteiger partial charge in [0, 0.05) is 17.8 Å². The average molecular weight is 221 g/mol. The van der Waals surface area contributed by atoms with Gasteiger partial charge in [-0.2, -0.15) is 0 Å². The fraction of sp³-hybridized carbons (Fsp3) is 0.273. The second-order valence-electron chi connectivity index (χ2n) is 3.26. The Labute approximate surface area is 94.0 Å². The Morgan fingerprint density at radius 1 is 1.19 bits per heavy atom. The van der Waals surface area contributed by atoms with E-state index in [2.05, 4.69) is 10.6 Å². The monoisotopic (exact) mass is 221 g/mol. The molecule has 0 saturated heterocycles. The zero-order valence-corrected chi connectivity index (χ0v) is 9.12. The van der Waals surface area contributed by atoms with Crippen LogP contribution < -0.4 is 16.4 Å². The predicted octanol–water partition coefficient (Wildman–Crippen LogP) is 0.135. The summed E-state index contributed by atoms with van der Waals surface area (Å²) in [5, 5.41) is 5.10. The molecule has 0 spiro atoms. The fourth-order valence-electron chi connectivity index (χ4n) is 1.16. The van der Waals surface area contributed by atoms with Crippen LogP contribution >= 0.6 is 0 Å². The maximum absolute atomic E-state index is 11.5. The normalized spacial score (nSPS) is 9.56. The van der Waals surface area contributed by atoms with Crippen molar-refractivity contribution < 1.29 is 9.59 Å². The second-order valence-corrected chi connectivity index (χ2v) is 3.26. The van der Waals surface area contributed by atoms with Crippen LogP contribution in [0.1, 0.15) is 17.3 Å². The van der Waals surface area contributed by atoms with Crippen LogP contribution in [0.15, 0.2) is 24.3 Å². The number of anilines is 1. The molecule has 0 saturated carbocycles. The molecular formula is C11H15N3O2. The number of benzene rings is 1. The van der Waals surface area contributed by atoms with Crippen LogP contribution in [0.2, 0.25) is 0 Å². The van der Waals surface area contributed by atoms with Crippen molar-refractivity contribution in [3.63, 3.8) is 0 Å². The summed E-state index contributed by atoms with van der Waals surface area (Å²) >= 11 is 0. The number of carbonyl (C=O) groups is 2. The summed E-state index contributed by atoms with van der Waals surface area (Å²) in [6.45, 7) is 2.35. The molecular weight excluding hydrogens is 206 g/mol. The maximum atomic E-state index is 11.5. The Kier molecular flexibility index (Phi) is 4.32. The maximum Gasteiger partial charge on any atom is 0.251 e. The van der Waals surface area contributed by atoms with Crippen LogP contribution in [0.25, 0.3) is 0 Å². The highest BCUT2D eigenvalue weighted by Gasteiger charge is 2.06. The summed E-state index contributed by atoms with van der Waals surface area (Å²) in [4.78, 5) is 22.6. The number of amides is 2. The zero-order chi connectivity index (χ0) is 12.0. The standard InChI is InChI=1S/C11H15N3O2/c1-2-13-10(15)7-14-11(16)8-3-5-9(12)6-4-8/h3-6H,2,7,12H2,1H3,(H,13,15)(H,14,16). The van der Waals surface area contributed by atoms with E-state index in [0.717, 1.165) is 0 Å². The third-order valence-corrected chi connectivity index (χ3v) is 1.96. The van der Waals surface area contributed by atoms with E-state index in [1.54, 1.807) is 24.3 Å². The van der Waals surface area contributed by atoms with Crippen molar-refractivity contribution in [3.05, 3.63) is 29.8 Å². The molecule has 1 rings (SSSR count). The first-order valence-electron chi connectivity index (χ1n) is 5.04. The van der Waals surface area contributed by atoms with Crippen molar-refractivity contribution in [2.75, 3.05) is 18.8 Å². The highest BCUT2D eigenvalue weighted by atomic mass is 16.2. The van der Waals surface area contributed by atoms with E-state index in [1.807, 2.05) is 6.92 Å².